The van der Waals surface area contributed by atoms with Gasteiger partial charge in [0, 0.05) is 29.8 Å². The van der Waals surface area contributed by atoms with Gasteiger partial charge in [0.25, 0.3) is 0 Å². The third kappa shape index (κ3) is 4.90. The van der Waals surface area contributed by atoms with E-state index in [1.54, 1.807) is 13.0 Å². The summed E-state index contributed by atoms with van der Waals surface area (Å²) in [5.74, 6) is 0.869. The molecule has 2 aromatic heterocycles. The number of aromatic nitrogens is 2. The maximum atomic E-state index is 13.7. The highest BCUT2D eigenvalue weighted by Gasteiger charge is 2.42. The van der Waals surface area contributed by atoms with Crippen LogP contribution in [0.25, 0.3) is 10.1 Å². The molecule has 38 heavy (non-hydrogen) atoms. The van der Waals surface area contributed by atoms with Crippen molar-refractivity contribution in [2.75, 3.05) is 18.4 Å². The number of hydrogen-bond acceptors (Lipinski definition) is 6. The number of anilines is 1. The summed E-state index contributed by atoms with van der Waals surface area (Å²) in [7, 11) is 0. The molecule has 0 radical (unpaired) electrons. The zero-order chi connectivity index (χ0) is 27.4. The minimum absolute atomic E-state index is 0.0457. The van der Waals surface area contributed by atoms with Gasteiger partial charge in [0.2, 0.25) is 5.91 Å². The van der Waals surface area contributed by atoms with E-state index in [9.17, 15) is 22.8 Å². The van der Waals surface area contributed by atoms with Gasteiger partial charge in [-0.3, -0.25) is 9.59 Å². The summed E-state index contributed by atoms with van der Waals surface area (Å²) in [5.41, 5.74) is 0.142. The fraction of sp³-hybridized carbons (Fsp3) is 0.500. The zero-order valence-corrected chi connectivity index (χ0v) is 22.7. The Morgan fingerprint density at radius 1 is 1.16 bits per heavy atom. The zero-order valence-electron chi connectivity index (χ0n) is 21.9. The SMILES string of the molecule is Cc1c([C@@H](C)Nc2nnc(C)c3sc(C(=O)C4(C)CCN(C(=O)C5CC5)CC4)cc23)cccc1C(F)(F)F. The lowest BCUT2D eigenvalue weighted by molar-refractivity contribution is -0.138. The lowest BCUT2D eigenvalue weighted by Gasteiger charge is -2.38. The van der Waals surface area contributed by atoms with Gasteiger partial charge in [-0.2, -0.15) is 18.3 Å². The molecule has 1 saturated heterocycles. The number of benzene rings is 1. The van der Waals surface area contributed by atoms with Gasteiger partial charge in [-0.05, 0) is 69.7 Å². The first kappa shape index (κ1) is 26.6. The highest BCUT2D eigenvalue weighted by atomic mass is 32.1. The Kier molecular flexibility index (Phi) is 6.74. The van der Waals surface area contributed by atoms with E-state index >= 15 is 0 Å². The fourth-order valence-corrected chi connectivity index (χ4v) is 6.51. The molecular formula is C28H31F3N4O2S. The van der Waals surface area contributed by atoms with Crippen molar-refractivity contribution in [2.45, 2.75) is 65.6 Å². The number of hydrogen-bond donors (Lipinski definition) is 1. The summed E-state index contributed by atoms with van der Waals surface area (Å²) in [6.45, 7) is 8.23. The standard InChI is InChI=1S/C28H31F3N4O2S/c1-15-19(6-5-7-21(15)28(29,30)31)16(2)32-25-20-14-22(38-23(20)17(3)33-34-25)24(36)27(4)10-12-35(13-11-27)26(37)18-8-9-18/h5-7,14,16,18H,8-13H2,1-4H3,(H,32,34)/t16-/m1/s1. The second-order valence-electron chi connectivity index (χ2n) is 10.9. The molecule has 1 saturated carbocycles. The first-order chi connectivity index (χ1) is 17.9. The van der Waals surface area contributed by atoms with E-state index in [-0.39, 0.29) is 23.2 Å². The van der Waals surface area contributed by atoms with Crippen LogP contribution < -0.4 is 5.32 Å². The summed E-state index contributed by atoms with van der Waals surface area (Å²) in [6.07, 6.45) is -1.26. The number of carbonyl (C=O) groups excluding carboxylic acids is 2. The topological polar surface area (TPSA) is 75.2 Å². The predicted molar refractivity (Wildman–Crippen MR) is 141 cm³/mol. The number of nitrogens with one attached hydrogen (secondary N) is 1. The van der Waals surface area contributed by atoms with Crippen molar-refractivity contribution in [3.8, 4) is 0 Å². The van der Waals surface area contributed by atoms with Crippen LogP contribution in [0.4, 0.5) is 19.0 Å². The van der Waals surface area contributed by atoms with Crippen LogP contribution in [0, 0.1) is 25.2 Å². The highest BCUT2D eigenvalue weighted by molar-refractivity contribution is 7.21. The highest BCUT2D eigenvalue weighted by Crippen LogP contribution is 2.42. The third-order valence-corrected chi connectivity index (χ3v) is 9.24. The molecule has 2 fully saturated rings. The Bertz CT molecular complexity index is 1410. The molecule has 0 bridgehead atoms. The molecule has 0 spiro atoms. The number of carbonyl (C=O) groups is 2. The van der Waals surface area contributed by atoms with Gasteiger partial charge < -0.3 is 10.2 Å². The molecule has 1 N–H and O–H groups in total. The maximum absolute atomic E-state index is 13.7. The number of thiophene rings is 1. The molecule has 3 aromatic rings. The van der Waals surface area contributed by atoms with Gasteiger partial charge in [0.05, 0.1) is 26.9 Å². The number of likely N-dealkylation sites (tertiary alicyclic amines) is 1. The Balaban J connectivity index is 1.39. The maximum Gasteiger partial charge on any atom is 0.416 e. The summed E-state index contributed by atoms with van der Waals surface area (Å²) in [4.78, 5) is 28.6. The molecule has 1 aliphatic heterocycles. The van der Waals surface area contributed by atoms with Crippen LogP contribution in [0.5, 0.6) is 0 Å². The quantitative estimate of drug-likeness (QED) is 0.349. The Labute approximate surface area is 223 Å². The summed E-state index contributed by atoms with van der Waals surface area (Å²) >= 11 is 1.37. The lowest BCUT2D eigenvalue weighted by atomic mass is 9.76. The van der Waals surface area contributed by atoms with Crippen molar-refractivity contribution in [3.05, 3.63) is 51.5 Å². The molecule has 0 unspecified atom stereocenters. The third-order valence-electron chi connectivity index (χ3n) is 7.99. The van der Waals surface area contributed by atoms with Crippen LogP contribution in [-0.4, -0.2) is 39.9 Å². The van der Waals surface area contributed by atoms with Gasteiger partial charge in [0.15, 0.2) is 11.6 Å². The molecule has 2 aliphatic rings. The van der Waals surface area contributed by atoms with Crippen LogP contribution in [0.3, 0.4) is 0 Å². The normalized spacial score (nSPS) is 18.4. The molecule has 1 atom stereocenters. The number of alkyl halides is 3. The van der Waals surface area contributed by atoms with Crippen molar-refractivity contribution in [2.24, 2.45) is 11.3 Å². The van der Waals surface area contributed by atoms with Crippen LogP contribution in [0.15, 0.2) is 24.3 Å². The fourth-order valence-electron chi connectivity index (χ4n) is 5.32. The van der Waals surface area contributed by atoms with E-state index in [2.05, 4.69) is 15.5 Å². The van der Waals surface area contributed by atoms with Gasteiger partial charge in [-0.1, -0.05) is 19.1 Å². The van der Waals surface area contributed by atoms with Crippen LogP contribution in [0.1, 0.15) is 77.6 Å². The average molecular weight is 545 g/mol. The number of aryl methyl sites for hydroxylation is 1. The van der Waals surface area contributed by atoms with Crippen LogP contribution in [-0.2, 0) is 11.0 Å². The Hall–Kier alpha value is -3.01. The van der Waals surface area contributed by atoms with Crippen molar-refractivity contribution in [3.63, 3.8) is 0 Å². The van der Waals surface area contributed by atoms with E-state index in [1.807, 2.05) is 24.8 Å². The number of ketones is 1. The molecule has 3 heterocycles. The van der Waals surface area contributed by atoms with E-state index in [0.29, 0.717) is 47.9 Å². The lowest BCUT2D eigenvalue weighted by Crippen LogP contribution is -2.45. The van der Waals surface area contributed by atoms with Gasteiger partial charge in [-0.15, -0.1) is 16.4 Å². The number of fused-ring (bicyclic) bond motifs is 1. The second kappa shape index (κ2) is 9.63. The molecule has 202 valence electrons. The van der Waals surface area contributed by atoms with Gasteiger partial charge >= 0.3 is 6.18 Å². The largest absolute Gasteiger partial charge is 0.416 e. The van der Waals surface area contributed by atoms with Crippen molar-refractivity contribution >= 4 is 38.9 Å². The number of piperidine rings is 1. The van der Waals surface area contributed by atoms with E-state index < -0.39 is 23.2 Å². The smallest absolute Gasteiger partial charge is 0.362 e. The molecule has 1 amide bonds. The Morgan fingerprint density at radius 3 is 2.47 bits per heavy atom. The summed E-state index contributed by atoms with van der Waals surface area (Å²) in [5, 5.41) is 12.5. The second-order valence-corrected chi connectivity index (χ2v) is 11.9. The van der Waals surface area contributed by atoms with Crippen LogP contribution >= 0.6 is 11.3 Å². The minimum atomic E-state index is -4.43. The summed E-state index contributed by atoms with van der Waals surface area (Å²) in [6, 6.07) is 5.52. The first-order valence-electron chi connectivity index (χ1n) is 12.9. The van der Waals surface area contributed by atoms with Crippen molar-refractivity contribution in [1.29, 1.82) is 0 Å². The molecule has 10 heteroatoms. The minimum Gasteiger partial charge on any atom is -0.362 e. The molecule has 1 aliphatic carbocycles. The van der Waals surface area contributed by atoms with E-state index in [4.69, 9.17) is 0 Å². The number of rotatable bonds is 6. The molecule has 1 aromatic carbocycles. The molecule has 5 rings (SSSR count). The van der Waals surface area contributed by atoms with Gasteiger partial charge in [0.1, 0.15) is 0 Å². The van der Waals surface area contributed by atoms with Gasteiger partial charge in [-0.25, -0.2) is 0 Å². The van der Waals surface area contributed by atoms with Crippen LogP contribution in [0.2, 0.25) is 0 Å². The monoisotopic (exact) mass is 544 g/mol. The number of nitrogens with zero attached hydrogens (tertiary/aromatic N) is 3. The van der Waals surface area contributed by atoms with Crippen molar-refractivity contribution < 1.29 is 22.8 Å². The van der Waals surface area contributed by atoms with E-state index in [0.717, 1.165) is 29.0 Å². The number of amides is 1. The number of halogens is 3. The Morgan fingerprint density at radius 2 is 1.84 bits per heavy atom. The van der Waals surface area contributed by atoms with E-state index in [1.165, 1.54) is 24.3 Å². The molecule has 6 nitrogen and oxygen atoms in total. The first-order valence-corrected chi connectivity index (χ1v) is 13.7. The predicted octanol–water partition coefficient (Wildman–Crippen LogP) is 6.72. The average Bonchev–Trinajstić information content (AvgIpc) is 3.62. The number of Topliss-reactive ketones (excluding diaryl/α,β-unsaturated/α-hetero) is 1. The van der Waals surface area contributed by atoms with Crippen molar-refractivity contribution in [1.82, 2.24) is 15.1 Å². The summed E-state index contributed by atoms with van der Waals surface area (Å²) < 4.78 is 41.1. The molecular weight excluding hydrogens is 513 g/mol.